The Labute approximate surface area is 126 Å². The molecule has 1 aromatic heterocycles. The van der Waals surface area contributed by atoms with Crippen molar-refractivity contribution >= 4 is 11.6 Å². The summed E-state index contributed by atoms with van der Waals surface area (Å²) in [6.45, 7) is 6.17. The van der Waals surface area contributed by atoms with Gasteiger partial charge in [-0.05, 0) is 32.2 Å². The van der Waals surface area contributed by atoms with Crippen LogP contribution < -0.4 is 5.32 Å². The predicted molar refractivity (Wildman–Crippen MR) is 82.4 cm³/mol. The Morgan fingerprint density at radius 3 is 2.85 bits per heavy atom. The lowest BCUT2D eigenvalue weighted by Gasteiger charge is -2.24. The monoisotopic (exact) mass is 299 g/mol. The van der Waals surface area contributed by atoms with Gasteiger partial charge in [0.25, 0.3) is 0 Å². The van der Waals surface area contributed by atoms with Crippen LogP contribution in [0.2, 0.25) is 5.02 Å². The molecule has 0 radical (unpaired) electrons. The minimum Gasteiger partial charge on any atom is -0.377 e. The number of hydrogen-bond acceptors (Lipinski definition) is 3. The van der Waals surface area contributed by atoms with Gasteiger partial charge >= 0.3 is 0 Å². The van der Waals surface area contributed by atoms with Crippen LogP contribution in [-0.4, -0.2) is 35.1 Å². The van der Waals surface area contributed by atoms with E-state index in [2.05, 4.69) is 24.3 Å². The fourth-order valence-electron chi connectivity index (χ4n) is 2.83. The van der Waals surface area contributed by atoms with Crippen LogP contribution in [0.1, 0.15) is 44.5 Å². The van der Waals surface area contributed by atoms with E-state index in [-0.39, 0.29) is 0 Å². The molecule has 0 aliphatic carbocycles. The smallest absolute Gasteiger partial charge is 0.0850 e. The fraction of sp³-hybridized carbons (Fsp3) is 0.800. The zero-order chi connectivity index (χ0) is 14.5. The average Bonchev–Trinajstić information content (AvgIpc) is 3.05. The van der Waals surface area contributed by atoms with Crippen molar-refractivity contribution in [2.45, 2.75) is 58.1 Å². The van der Waals surface area contributed by atoms with Crippen LogP contribution in [-0.2, 0) is 24.6 Å². The van der Waals surface area contributed by atoms with Crippen LogP contribution in [0.3, 0.4) is 0 Å². The molecule has 4 nitrogen and oxygen atoms in total. The summed E-state index contributed by atoms with van der Waals surface area (Å²) in [7, 11) is 1.98. The van der Waals surface area contributed by atoms with Gasteiger partial charge in [-0.3, -0.25) is 4.68 Å². The van der Waals surface area contributed by atoms with Crippen molar-refractivity contribution in [2.24, 2.45) is 7.05 Å². The molecule has 1 aliphatic rings. The third kappa shape index (κ3) is 3.54. The SMILES string of the molecule is CCCNC(Cc1c(Cl)c(CC)nn1C)C1CCCO1. The van der Waals surface area contributed by atoms with Crippen LogP contribution in [0, 0.1) is 0 Å². The van der Waals surface area contributed by atoms with Crippen LogP contribution >= 0.6 is 11.6 Å². The van der Waals surface area contributed by atoms with Crippen molar-refractivity contribution in [3.05, 3.63) is 16.4 Å². The highest BCUT2D eigenvalue weighted by atomic mass is 35.5. The third-order valence-electron chi connectivity index (χ3n) is 3.99. The first-order valence-electron chi connectivity index (χ1n) is 7.72. The summed E-state index contributed by atoms with van der Waals surface area (Å²) < 4.78 is 7.79. The highest BCUT2D eigenvalue weighted by Gasteiger charge is 2.28. The minimum atomic E-state index is 0.303. The van der Waals surface area contributed by atoms with E-state index < -0.39 is 0 Å². The van der Waals surface area contributed by atoms with E-state index >= 15 is 0 Å². The molecule has 0 aromatic carbocycles. The lowest BCUT2D eigenvalue weighted by molar-refractivity contribution is 0.0778. The Kier molecular flexibility index (Phi) is 5.87. The summed E-state index contributed by atoms with van der Waals surface area (Å²) in [6, 6.07) is 0.329. The van der Waals surface area contributed by atoms with E-state index in [1.807, 2.05) is 11.7 Å². The number of nitrogens with zero attached hydrogens (tertiary/aromatic N) is 2. The summed E-state index contributed by atoms with van der Waals surface area (Å²) in [4.78, 5) is 0. The van der Waals surface area contributed by atoms with E-state index in [9.17, 15) is 0 Å². The first kappa shape index (κ1) is 15.8. The van der Waals surface area contributed by atoms with Crippen LogP contribution in [0.25, 0.3) is 0 Å². The van der Waals surface area contributed by atoms with Crippen molar-refractivity contribution in [3.63, 3.8) is 0 Å². The molecule has 1 aliphatic heterocycles. The van der Waals surface area contributed by atoms with E-state index in [1.54, 1.807) is 0 Å². The van der Waals surface area contributed by atoms with Gasteiger partial charge in [0.15, 0.2) is 0 Å². The molecule has 2 atom stereocenters. The molecule has 1 N–H and O–H groups in total. The van der Waals surface area contributed by atoms with Crippen molar-refractivity contribution in [2.75, 3.05) is 13.2 Å². The molecule has 2 rings (SSSR count). The Hall–Kier alpha value is -0.580. The van der Waals surface area contributed by atoms with Crippen LogP contribution in [0.5, 0.6) is 0 Å². The van der Waals surface area contributed by atoms with Gasteiger partial charge < -0.3 is 10.1 Å². The van der Waals surface area contributed by atoms with E-state index in [4.69, 9.17) is 16.3 Å². The number of nitrogens with one attached hydrogen (secondary N) is 1. The molecule has 1 saturated heterocycles. The average molecular weight is 300 g/mol. The van der Waals surface area contributed by atoms with E-state index in [0.29, 0.717) is 12.1 Å². The second-order valence-electron chi connectivity index (χ2n) is 5.50. The number of aromatic nitrogens is 2. The largest absolute Gasteiger partial charge is 0.377 e. The minimum absolute atomic E-state index is 0.303. The summed E-state index contributed by atoms with van der Waals surface area (Å²) in [6.07, 6.45) is 5.48. The molecular weight excluding hydrogens is 274 g/mol. The van der Waals surface area contributed by atoms with Crippen molar-refractivity contribution < 1.29 is 4.74 Å². The topological polar surface area (TPSA) is 39.1 Å². The number of aryl methyl sites for hydroxylation is 2. The van der Waals surface area contributed by atoms with Gasteiger partial charge in [-0.2, -0.15) is 5.10 Å². The predicted octanol–water partition coefficient (Wildman–Crippen LogP) is 2.73. The Bertz CT molecular complexity index is 427. The van der Waals surface area contributed by atoms with Crippen LogP contribution in [0.15, 0.2) is 0 Å². The lowest BCUT2D eigenvalue weighted by atomic mass is 10.0. The number of hydrogen-bond donors (Lipinski definition) is 1. The van der Waals surface area contributed by atoms with Gasteiger partial charge in [0.2, 0.25) is 0 Å². The van der Waals surface area contributed by atoms with Gasteiger partial charge in [0.1, 0.15) is 0 Å². The molecule has 0 amide bonds. The fourth-order valence-corrected chi connectivity index (χ4v) is 3.21. The van der Waals surface area contributed by atoms with Crippen LogP contribution in [0.4, 0.5) is 0 Å². The van der Waals surface area contributed by atoms with Gasteiger partial charge in [-0.25, -0.2) is 0 Å². The van der Waals surface area contributed by atoms with Gasteiger partial charge in [0.05, 0.1) is 22.5 Å². The zero-order valence-corrected chi connectivity index (χ0v) is 13.5. The molecule has 0 bridgehead atoms. The molecule has 20 heavy (non-hydrogen) atoms. The first-order chi connectivity index (χ1) is 9.67. The zero-order valence-electron chi connectivity index (χ0n) is 12.8. The molecule has 5 heteroatoms. The van der Waals surface area contributed by atoms with Crippen molar-refractivity contribution in [3.8, 4) is 0 Å². The molecule has 2 heterocycles. The maximum absolute atomic E-state index is 6.46. The van der Waals surface area contributed by atoms with Crippen molar-refractivity contribution in [1.29, 1.82) is 0 Å². The molecular formula is C15H26ClN3O. The second-order valence-corrected chi connectivity index (χ2v) is 5.88. The standard InChI is InChI=1S/C15H26ClN3O/c1-4-8-17-12(14-7-6-9-20-14)10-13-15(16)11(5-2)18-19(13)3/h12,14,17H,4-10H2,1-3H3. The Morgan fingerprint density at radius 2 is 2.30 bits per heavy atom. The molecule has 114 valence electrons. The van der Waals surface area contributed by atoms with E-state index in [0.717, 1.165) is 61.7 Å². The summed E-state index contributed by atoms with van der Waals surface area (Å²) in [5.74, 6) is 0. The Morgan fingerprint density at radius 1 is 1.50 bits per heavy atom. The summed E-state index contributed by atoms with van der Waals surface area (Å²) in [5, 5.41) is 8.95. The van der Waals surface area contributed by atoms with Gasteiger partial charge in [-0.1, -0.05) is 25.4 Å². The normalized spacial score (nSPS) is 20.5. The number of rotatable bonds is 7. The maximum Gasteiger partial charge on any atom is 0.0850 e. The molecule has 2 unspecified atom stereocenters. The third-order valence-corrected chi connectivity index (χ3v) is 4.42. The summed E-state index contributed by atoms with van der Waals surface area (Å²) >= 11 is 6.46. The van der Waals surface area contributed by atoms with Crippen molar-refractivity contribution in [1.82, 2.24) is 15.1 Å². The Balaban J connectivity index is 2.11. The molecule has 0 saturated carbocycles. The highest BCUT2D eigenvalue weighted by Crippen LogP contribution is 2.25. The molecule has 1 fully saturated rings. The number of ether oxygens (including phenoxy) is 1. The molecule has 0 spiro atoms. The lowest BCUT2D eigenvalue weighted by Crippen LogP contribution is -2.42. The quantitative estimate of drug-likeness (QED) is 0.841. The van der Waals surface area contributed by atoms with Gasteiger partial charge in [-0.15, -0.1) is 0 Å². The van der Waals surface area contributed by atoms with E-state index in [1.165, 1.54) is 0 Å². The summed E-state index contributed by atoms with van der Waals surface area (Å²) in [5.41, 5.74) is 2.11. The number of halogens is 1. The first-order valence-corrected chi connectivity index (χ1v) is 8.10. The maximum atomic E-state index is 6.46. The second kappa shape index (κ2) is 7.43. The molecule has 1 aromatic rings. The van der Waals surface area contributed by atoms with Gasteiger partial charge in [0, 0.05) is 26.1 Å². The highest BCUT2D eigenvalue weighted by molar-refractivity contribution is 6.31.